The molecule has 0 radical (unpaired) electrons. The minimum absolute atomic E-state index is 0.246. The highest BCUT2D eigenvalue weighted by Gasteiger charge is 2.52. The molecule has 1 aromatic heterocycles. The Kier molecular flexibility index (Phi) is 4.22. The lowest BCUT2D eigenvalue weighted by atomic mass is 9.95. The third kappa shape index (κ3) is 2.27. The molecule has 0 amide bonds. The summed E-state index contributed by atoms with van der Waals surface area (Å²) in [7, 11) is -3.72. The first kappa shape index (κ1) is 15.5. The highest BCUT2D eigenvalue weighted by Crippen LogP contribution is 2.38. The minimum Gasteiger partial charge on any atom is -0.480 e. The van der Waals surface area contributed by atoms with Crippen LogP contribution in [0.25, 0.3) is 0 Å². The fraction of sp³-hybridized carbons (Fsp3) is 0.615. The Labute approximate surface area is 123 Å². The van der Waals surface area contributed by atoms with Crippen molar-refractivity contribution in [1.82, 2.24) is 4.31 Å². The van der Waals surface area contributed by atoms with Gasteiger partial charge in [0.15, 0.2) is 0 Å². The average Bonchev–Trinajstić information content (AvgIpc) is 3.06. The van der Waals surface area contributed by atoms with Crippen molar-refractivity contribution in [2.45, 2.75) is 49.3 Å². The van der Waals surface area contributed by atoms with Crippen molar-refractivity contribution in [1.29, 1.82) is 0 Å². The molecule has 7 heteroatoms. The van der Waals surface area contributed by atoms with E-state index in [2.05, 4.69) is 0 Å². The minimum atomic E-state index is -3.72. The summed E-state index contributed by atoms with van der Waals surface area (Å²) in [5, 5.41) is 9.49. The quantitative estimate of drug-likeness (QED) is 0.904. The van der Waals surface area contributed by atoms with Crippen LogP contribution < -0.4 is 0 Å². The van der Waals surface area contributed by atoms with Crippen molar-refractivity contribution in [3.05, 3.63) is 17.0 Å². The standard InChI is InChI=1S/C13H19NO4S2/c1-3-10-6-7-11(19-10)20(17,18)14-9-5-8-13(14,4-2)12(15)16/h6-7H,3-5,8-9H2,1-2H3,(H,15,16). The van der Waals surface area contributed by atoms with Gasteiger partial charge >= 0.3 is 5.97 Å². The van der Waals surface area contributed by atoms with Crippen molar-refractivity contribution < 1.29 is 18.3 Å². The van der Waals surface area contributed by atoms with Crippen LogP contribution in [0.2, 0.25) is 0 Å². The van der Waals surface area contributed by atoms with Gasteiger partial charge in [-0.1, -0.05) is 13.8 Å². The van der Waals surface area contributed by atoms with Gasteiger partial charge in [-0.2, -0.15) is 4.31 Å². The van der Waals surface area contributed by atoms with Gasteiger partial charge in [-0.15, -0.1) is 11.3 Å². The second-order valence-corrected chi connectivity index (χ2v) is 8.20. The van der Waals surface area contributed by atoms with E-state index in [9.17, 15) is 18.3 Å². The van der Waals surface area contributed by atoms with Gasteiger partial charge in [0.05, 0.1) is 0 Å². The Morgan fingerprint density at radius 3 is 2.65 bits per heavy atom. The first-order chi connectivity index (χ1) is 9.38. The van der Waals surface area contributed by atoms with Crippen LogP contribution in [0, 0.1) is 0 Å². The molecule has 112 valence electrons. The fourth-order valence-corrected chi connectivity index (χ4v) is 5.99. The zero-order valence-corrected chi connectivity index (χ0v) is 13.3. The Morgan fingerprint density at radius 2 is 2.15 bits per heavy atom. The van der Waals surface area contributed by atoms with Crippen LogP contribution in [0.15, 0.2) is 16.3 Å². The molecule has 2 heterocycles. The van der Waals surface area contributed by atoms with Crippen LogP contribution in [0.5, 0.6) is 0 Å². The third-order valence-corrected chi connectivity index (χ3v) is 7.60. The van der Waals surface area contributed by atoms with Gasteiger partial charge in [-0.3, -0.25) is 4.79 Å². The molecule has 0 aliphatic carbocycles. The maximum absolute atomic E-state index is 12.7. The number of aryl methyl sites for hydroxylation is 1. The number of hydrogen-bond acceptors (Lipinski definition) is 4. The average molecular weight is 317 g/mol. The van der Waals surface area contributed by atoms with E-state index in [0.717, 1.165) is 11.3 Å². The molecule has 1 N–H and O–H groups in total. The number of hydrogen-bond donors (Lipinski definition) is 1. The lowest BCUT2D eigenvalue weighted by Crippen LogP contribution is -2.52. The summed E-state index contributed by atoms with van der Waals surface area (Å²) in [6, 6.07) is 3.38. The second-order valence-electron chi connectivity index (χ2n) is 4.95. The van der Waals surface area contributed by atoms with Crippen molar-refractivity contribution in [3.63, 3.8) is 0 Å². The molecular formula is C13H19NO4S2. The molecule has 1 aliphatic heterocycles. The summed E-state index contributed by atoms with van der Waals surface area (Å²) in [6.45, 7) is 3.97. The SMILES string of the molecule is CCc1ccc(S(=O)(=O)N2CCCC2(CC)C(=O)O)s1. The molecule has 0 bridgehead atoms. The molecule has 1 aliphatic rings. The second kappa shape index (κ2) is 5.46. The number of thiophene rings is 1. The lowest BCUT2D eigenvalue weighted by molar-refractivity contribution is -0.147. The highest BCUT2D eigenvalue weighted by atomic mass is 32.2. The van der Waals surface area contributed by atoms with Crippen LogP contribution in [0.1, 0.15) is 38.0 Å². The van der Waals surface area contributed by atoms with Crippen molar-refractivity contribution in [2.75, 3.05) is 6.54 Å². The van der Waals surface area contributed by atoms with Gasteiger partial charge in [0.1, 0.15) is 9.75 Å². The van der Waals surface area contributed by atoms with E-state index in [-0.39, 0.29) is 17.2 Å². The molecule has 1 aromatic rings. The maximum Gasteiger partial charge on any atom is 0.325 e. The summed E-state index contributed by atoms with van der Waals surface area (Å²) < 4.78 is 26.9. The zero-order chi connectivity index (χ0) is 15.0. The summed E-state index contributed by atoms with van der Waals surface area (Å²) in [6.07, 6.45) is 2.03. The van der Waals surface area contributed by atoms with Crippen LogP contribution in [-0.2, 0) is 21.2 Å². The molecule has 0 aromatic carbocycles. The monoisotopic (exact) mass is 317 g/mol. The fourth-order valence-electron chi connectivity index (χ4n) is 2.72. The number of carboxylic acids is 1. The van der Waals surface area contributed by atoms with Gasteiger partial charge in [-0.25, -0.2) is 8.42 Å². The molecule has 1 fully saturated rings. The molecule has 0 saturated carbocycles. The summed E-state index contributed by atoms with van der Waals surface area (Å²) in [5.41, 5.74) is -1.28. The predicted octanol–water partition coefficient (Wildman–Crippen LogP) is 2.33. The van der Waals surface area contributed by atoms with Gasteiger partial charge in [0.2, 0.25) is 0 Å². The maximum atomic E-state index is 12.7. The van der Waals surface area contributed by atoms with Crippen molar-refractivity contribution in [3.8, 4) is 0 Å². The van der Waals surface area contributed by atoms with E-state index in [4.69, 9.17) is 0 Å². The molecule has 1 unspecified atom stereocenters. The number of sulfonamides is 1. The molecule has 0 spiro atoms. The third-order valence-electron chi connectivity index (χ3n) is 3.94. The van der Waals surface area contributed by atoms with Crippen molar-refractivity contribution in [2.24, 2.45) is 0 Å². The Hall–Kier alpha value is -0.920. The number of aliphatic carboxylic acids is 1. The number of rotatable bonds is 5. The molecule has 1 saturated heterocycles. The van der Waals surface area contributed by atoms with Gasteiger partial charge in [0.25, 0.3) is 10.0 Å². The number of carboxylic acid groups (broad SMARTS) is 1. The van der Waals surface area contributed by atoms with E-state index in [1.54, 1.807) is 19.1 Å². The lowest BCUT2D eigenvalue weighted by Gasteiger charge is -2.32. The molecule has 1 atom stereocenters. The first-order valence-corrected chi connectivity index (χ1v) is 8.99. The zero-order valence-electron chi connectivity index (χ0n) is 11.6. The Balaban J connectivity index is 2.45. The van der Waals surface area contributed by atoms with Crippen LogP contribution in [-0.4, -0.2) is 35.9 Å². The Morgan fingerprint density at radius 1 is 1.45 bits per heavy atom. The summed E-state index contributed by atoms with van der Waals surface area (Å²) >= 11 is 1.23. The van der Waals surface area contributed by atoms with E-state index < -0.39 is 21.5 Å². The van der Waals surface area contributed by atoms with E-state index in [1.807, 2.05) is 6.92 Å². The Bertz CT molecular complexity index is 608. The highest BCUT2D eigenvalue weighted by molar-refractivity contribution is 7.91. The van der Waals surface area contributed by atoms with Gasteiger partial charge in [-0.05, 0) is 37.8 Å². The first-order valence-electron chi connectivity index (χ1n) is 6.73. The normalized spacial score (nSPS) is 24.1. The largest absolute Gasteiger partial charge is 0.480 e. The van der Waals surface area contributed by atoms with E-state index >= 15 is 0 Å². The smallest absolute Gasteiger partial charge is 0.325 e. The molecule has 20 heavy (non-hydrogen) atoms. The summed E-state index contributed by atoms with van der Waals surface area (Å²) in [5.74, 6) is -1.05. The van der Waals surface area contributed by atoms with Crippen molar-refractivity contribution >= 4 is 27.3 Å². The molecule has 5 nitrogen and oxygen atoms in total. The topological polar surface area (TPSA) is 74.7 Å². The van der Waals surface area contributed by atoms with Crippen LogP contribution in [0.4, 0.5) is 0 Å². The van der Waals surface area contributed by atoms with Crippen LogP contribution in [0.3, 0.4) is 0 Å². The predicted molar refractivity (Wildman–Crippen MR) is 77.5 cm³/mol. The van der Waals surface area contributed by atoms with Crippen LogP contribution >= 0.6 is 11.3 Å². The number of carbonyl (C=O) groups is 1. The molecular weight excluding hydrogens is 298 g/mol. The summed E-state index contributed by atoms with van der Waals surface area (Å²) in [4.78, 5) is 12.6. The van der Waals surface area contributed by atoms with Gasteiger partial charge in [0, 0.05) is 11.4 Å². The van der Waals surface area contributed by atoms with Gasteiger partial charge < -0.3 is 5.11 Å². The van der Waals surface area contributed by atoms with E-state index in [0.29, 0.717) is 12.8 Å². The van der Waals surface area contributed by atoms with E-state index in [1.165, 1.54) is 15.6 Å². The number of nitrogens with zero attached hydrogens (tertiary/aromatic N) is 1. The molecule has 2 rings (SSSR count).